The number of H-pyrrole nitrogens is 2. The maximum Gasteiger partial charge on any atom is 0.310 e. The topological polar surface area (TPSA) is 65.7 Å². The molecule has 1 aromatic rings. The van der Waals surface area contributed by atoms with Gasteiger partial charge in [-0.25, -0.2) is 0 Å². The fraction of sp³-hybridized carbons (Fsp3) is 0.200. The van der Waals surface area contributed by atoms with Crippen LogP contribution in [-0.2, 0) is 0 Å². The van der Waals surface area contributed by atoms with E-state index in [-0.39, 0.29) is 0 Å². The summed E-state index contributed by atoms with van der Waals surface area (Å²) in [7, 11) is 0. The van der Waals surface area contributed by atoms with Gasteiger partial charge in [-0.2, -0.15) is 0 Å². The summed E-state index contributed by atoms with van der Waals surface area (Å²) in [6, 6.07) is 0. The van der Waals surface area contributed by atoms with Crippen molar-refractivity contribution in [1.82, 2.24) is 10.2 Å². The van der Waals surface area contributed by atoms with Crippen LogP contribution in [0.15, 0.2) is 15.8 Å². The lowest BCUT2D eigenvalue weighted by atomic mass is 10.3. The molecule has 0 atom stereocenters. The molecule has 0 fully saturated rings. The van der Waals surface area contributed by atoms with Crippen LogP contribution in [0.2, 0.25) is 0 Å². The zero-order valence-corrected chi connectivity index (χ0v) is 4.89. The molecule has 0 aliphatic rings. The van der Waals surface area contributed by atoms with Crippen molar-refractivity contribution in [3.63, 3.8) is 0 Å². The lowest BCUT2D eigenvalue weighted by Gasteiger charge is -1.84. The van der Waals surface area contributed by atoms with Gasteiger partial charge in [-0.05, 0) is 6.92 Å². The Morgan fingerprint density at radius 2 is 2.11 bits per heavy atom. The number of hydrogen-bond acceptors (Lipinski definition) is 2. The van der Waals surface area contributed by atoms with Crippen LogP contribution < -0.4 is 11.0 Å². The molecule has 1 rings (SSSR count). The second-order valence-corrected chi connectivity index (χ2v) is 1.75. The third-order valence-corrected chi connectivity index (χ3v) is 1.04. The van der Waals surface area contributed by atoms with Crippen LogP contribution in [0, 0.1) is 6.92 Å². The number of aryl methyl sites for hydroxylation is 1. The molecule has 0 saturated carbocycles. The van der Waals surface area contributed by atoms with E-state index in [9.17, 15) is 9.59 Å². The summed E-state index contributed by atoms with van der Waals surface area (Å²) in [5.74, 6) is 0. The van der Waals surface area contributed by atoms with Gasteiger partial charge in [0, 0.05) is 11.8 Å². The molecule has 0 bridgehead atoms. The predicted octanol–water partition coefficient (Wildman–Crippen LogP) is -0.628. The average molecular weight is 126 g/mol. The fourth-order valence-electron chi connectivity index (χ4n) is 0.511. The van der Waals surface area contributed by atoms with E-state index in [1.807, 2.05) is 0 Å². The molecule has 0 aliphatic heterocycles. The summed E-state index contributed by atoms with van der Waals surface area (Å²) in [5.41, 5.74) is -0.650. The Morgan fingerprint density at radius 3 is 2.56 bits per heavy atom. The summed E-state index contributed by atoms with van der Waals surface area (Å²) in [6.07, 6.45) is 1.45. The second-order valence-electron chi connectivity index (χ2n) is 1.75. The molecule has 9 heavy (non-hydrogen) atoms. The molecular weight excluding hydrogens is 120 g/mol. The standard InChI is InChI=1S/C5H6N2O2/c1-3-2-6-7-5(9)4(3)8/h2H,1H3,(H,6,8)(H,7,9). The van der Waals surface area contributed by atoms with Crippen molar-refractivity contribution in [1.29, 1.82) is 0 Å². The van der Waals surface area contributed by atoms with Crippen molar-refractivity contribution in [2.45, 2.75) is 6.92 Å². The van der Waals surface area contributed by atoms with E-state index in [0.29, 0.717) is 5.56 Å². The molecule has 2 N–H and O–H groups in total. The molecule has 4 nitrogen and oxygen atoms in total. The number of hydrogen-bond donors (Lipinski definition) is 2. The second kappa shape index (κ2) is 1.89. The van der Waals surface area contributed by atoms with Gasteiger partial charge in [-0.1, -0.05) is 0 Å². The summed E-state index contributed by atoms with van der Waals surface area (Å²) in [5, 5.41) is 4.58. The highest BCUT2D eigenvalue weighted by Gasteiger charge is 1.93. The molecule has 48 valence electrons. The maximum atomic E-state index is 10.6. The minimum Gasteiger partial charge on any atom is -0.305 e. The van der Waals surface area contributed by atoms with Crippen LogP contribution in [0.3, 0.4) is 0 Å². The first-order valence-corrected chi connectivity index (χ1v) is 2.49. The first-order valence-electron chi connectivity index (χ1n) is 2.49. The van der Waals surface area contributed by atoms with Crippen LogP contribution in [0.4, 0.5) is 0 Å². The van der Waals surface area contributed by atoms with Crippen LogP contribution in [0.25, 0.3) is 0 Å². The van der Waals surface area contributed by atoms with E-state index in [0.717, 1.165) is 0 Å². The van der Waals surface area contributed by atoms with Gasteiger partial charge in [0.1, 0.15) is 0 Å². The highest BCUT2D eigenvalue weighted by atomic mass is 16.2. The van der Waals surface area contributed by atoms with E-state index < -0.39 is 11.0 Å². The minimum absolute atomic E-state index is 0.429. The van der Waals surface area contributed by atoms with E-state index in [1.54, 1.807) is 6.92 Å². The SMILES string of the molecule is Cc1c[nH][nH]c(=O)c1=O. The largest absolute Gasteiger partial charge is 0.310 e. The molecule has 0 unspecified atom stereocenters. The Bertz CT molecular complexity index is 309. The lowest BCUT2D eigenvalue weighted by Crippen LogP contribution is -2.28. The van der Waals surface area contributed by atoms with Gasteiger partial charge in [-0.15, -0.1) is 0 Å². The van der Waals surface area contributed by atoms with Gasteiger partial charge in [-0.3, -0.25) is 14.7 Å². The lowest BCUT2D eigenvalue weighted by molar-refractivity contribution is 0.954. The smallest absolute Gasteiger partial charge is 0.305 e. The first-order chi connectivity index (χ1) is 4.22. The number of aromatic nitrogens is 2. The highest BCUT2D eigenvalue weighted by molar-refractivity contribution is 5.02. The number of nitrogens with one attached hydrogen (secondary N) is 2. The fourth-order valence-corrected chi connectivity index (χ4v) is 0.511. The molecule has 1 heterocycles. The summed E-state index contributed by atoms with van der Waals surface area (Å²) in [4.78, 5) is 21.0. The van der Waals surface area contributed by atoms with Crippen molar-refractivity contribution in [2.75, 3.05) is 0 Å². The Kier molecular flexibility index (Phi) is 1.22. The van der Waals surface area contributed by atoms with Crippen molar-refractivity contribution in [3.05, 3.63) is 32.3 Å². The zero-order valence-electron chi connectivity index (χ0n) is 4.89. The molecule has 1 aromatic heterocycles. The zero-order chi connectivity index (χ0) is 6.85. The van der Waals surface area contributed by atoms with Crippen molar-refractivity contribution >= 4 is 0 Å². The molecule has 4 heteroatoms. The van der Waals surface area contributed by atoms with Crippen LogP contribution in [0.5, 0.6) is 0 Å². The average Bonchev–Trinajstić information content (AvgIpc) is 1.83. The minimum atomic E-state index is -0.602. The normalized spacial score (nSPS) is 9.44. The number of rotatable bonds is 0. The van der Waals surface area contributed by atoms with E-state index in [1.165, 1.54) is 6.20 Å². The summed E-state index contributed by atoms with van der Waals surface area (Å²) >= 11 is 0. The quantitative estimate of drug-likeness (QED) is 0.454. The monoisotopic (exact) mass is 126 g/mol. The van der Waals surface area contributed by atoms with E-state index in [4.69, 9.17) is 0 Å². The molecule has 0 aromatic carbocycles. The molecule has 0 aliphatic carbocycles. The van der Waals surface area contributed by atoms with Crippen LogP contribution >= 0.6 is 0 Å². The highest BCUT2D eigenvalue weighted by Crippen LogP contribution is 1.73. The van der Waals surface area contributed by atoms with Crippen LogP contribution in [-0.4, -0.2) is 10.2 Å². The maximum absolute atomic E-state index is 10.6. The van der Waals surface area contributed by atoms with Gasteiger partial charge >= 0.3 is 5.56 Å². The molecule has 0 spiro atoms. The van der Waals surface area contributed by atoms with Gasteiger partial charge in [0.05, 0.1) is 0 Å². The molecule has 0 saturated heterocycles. The molecule has 0 amide bonds. The van der Waals surface area contributed by atoms with Crippen molar-refractivity contribution in [3.8, 4) is 0 Å². The Labute approximate surface area is 50.5 Å². The van der Waals surface area contributed by atoms with Gasteiger partial charge in [0.15, 0.2) is 0 Å². The Hall–Kier alpha value is -1.32. The summed E-state index contributed by atoms with van der Waals surface area (Å²) < 4.78 is 0. The van der Waals surface area contributed by atoms with E-state index in [2.05, 4.69) is 10.2 Å². The van der Waals surface area contributed by atoms with Crippen LogP contribution in [0.1, 0.15) is 5.56 Å². The summed E-state index contributed by atoms with van der Waals surface area (Å²) in [6.45, 7) is 1.58. The number of aromatic amines is 2. The first kappa shape index (κ1) is 5.81. The molecular formula is C5H6N2O2. The van der Waals surface area contributed by atoms with E-state index >= 15 is 0 Å². The Morgan fingerprint density at radius 1 is 1.44 bits per heavy atom. The third kappa shape index (κ3) is 0.910. The van der Waals surface area contributed by atoms with Gasteiger partial charge in [0.25, 0.3) is 0 Å². The predicted molar refractivity (Wildman–Crippen MR) is 32.4 cm³/mol. The van der Waals surface area contributed by atoms with Gasteiger partial charge < -0.3 is 5.10 Å². The van der Waals surface area contributed by atoms with Crippen molar-refractivity contribution in [2.24, 2.45) is 0 Å². The Balaban J connectivity index is 3.63. The van der Waals surface area contributed by atoms with Crippen molar-refractivity contribution < 1.29 is 0 Å². The van der Waals surface area contributed by atoms with Gasteiger partial charge in [0.2, 0.25) is 5.43 Å². The third-order valence-electron chi connectivity index (χ3n) is 1.04. The molecule has 0 radical (unpaired) electrons.